The zero-order valence-corrected chi connectivity index (χ0v) is 10.8. The Morgan fingerprint density at radius 2 is 2.44 bits per heavy atom. The summed E-state index contributed by atoms with van der Waals surface area (Å²) < 4.78 is 1.79. The lowest BCUT2D eigenvalue weighted by Gasteiger charge is -2.28. The summed E-state index contributed by atoms with van der Waals surface area (Å²) in [7, 11) is 1.91. The van der Waals surface area contributed by atoms with E-state index >= 15 is 0 Å². The Kier molecular flexibility index (Phi) is 3.23. The number of anilines is 1. The maximum Gasteiger partial charge on any atom is 0.162 e. The van der Waals surface area contributed by atoms with Crippen LogP contribution < -0.4 is 5.32 Å². The lowest BCUT2D eigenvalue weighted by atomic mass is 9.97. The fraction of sp³-hybridized carbons (Fsp3) is 0.636. The molecule has 0 aliphatic carbocycles. The van der Waals surface area contributed by atoms with E-state index in [-0.39, 0.29) is 5.54 Å². The fourth-order valence-electron chi connectivity index (χ4n) is 1.61. The second kappa shape index (κ2) is 4.49. The summed E-state index contributed by atoms with van der Waals surface area (Å²) in [6.07, 6.45) is 4.16. The van der Waals surface area contributed by atoms with E-state index in [4.69, 9.17) is 4.99 Å². The van der Waals surface area contributed by atoms with E-state index in [1.54, 1.807) is 16.4 Å². The molecule has 1 atom stereocenters. The van der Waals surface area contributed by atoms with Crippen molar-refractivity contribution < 1.29 is 0 Å². The highest BCUT2D eigenvalue weighted by Crippen LogP contribution is 2.29. The number of amidine groups is 1. The number of aromatic nitrogens is 2. The van der Waals surface area contributed by atoms with Gasteiger partial charge in [-0.25, -0.2) is 0 Å². The molecule has 2 heterocycles. The molecule has 1 aromatic heterocycles. The van der Waals surface area contributed by atoms with Crippen LogP contribution in [0, 0.1) is 0 Å². The van der Waals surface area contributed by atoms with Crippen LogP contribution >= 0.6 is 11.8 Å². The molecule has 0 saturated carbocycles. The molecule has 0 radical (unpaired) electrons. The number of hydrogen-bond donors (Lipinski definition) is 1. The van der Waals surface area contributed by atoms with Gasteiger partial charge in [-0.3, -0.25) is 9.67 Å². The summed E-state index contributed by atoms with van der Waals surface area (Å²) in [5, 5.41) is 8.56. The Hall–Kier alpha value is -0.970. The second-order valence-electron chi connectivity index (χ2n) is 4.37. The predicted molar refractivity (Wildman–Crippen MR) is 70.0 cm³/mol. The summed E-state index contributed by atoms with van der Waals surface area (Å²) in [6.45, 7) is 4.41. The number of hydrogen-bond acceptors (Lipinski definition) is 4. The molecule has 88 valence electrons. The third kappa shape index (κ3) is 2.58. The van der Waals surface area contributed by atoms with Crippen LogP contribution in [0.2, 0.25) is 0 Å². The van der Waals surface area contributed by atoms with Crippen molar-refractivity contribution in [2.24, 2.45) is 12.0 Å². The van der Waals surface area contributed by atoms with E-state index in [0.29, 0.717) is 0 Å². The third-order valence-electron chi connectivity index (χ3n) is 2.96. The van der Waals surface area contributed by atoms with Crippen molar-refractivity contribution in [1.29, 1.82) is 0 Å². The van der Waals surface area contributed by atoms with Crippen LogP contribution in [0.1, 0.15) is 26.7 Å². The normalized spacial score (nSPS) is 25.3. The minimum atomic E-state index is 0.0996. The average Bonchev–Trinajstić information content (AvgIpc) is 2.64. The van der Waals surface area contributed by atoms with Crippen LogP contribution in [0.15, 0.2) is 17.3 Å². The van der Waals surface area contributed by atoms with Crippen LogP contribution in [0.25, 0.3) is 0 Å². The van der Waals surface area contributed by atoms with Gasteiger partial charge in [0.05, 0.1) is 5.54 Å². The molecule has 0 saturated heterocycles. The molecule has 0 spiro atoms. The highest BCUT2D eigenvalue weighted by atomic mass is 32.2. The molecule has 1 N–H and O–H groups in total. The molecular weight excluding hydrogens is 220 g/mol. The van der Waals surface area contributed by atoms with Gasteiger partial charge in [0.15, 0.2) is 11.0 Å². The molecule has 1 aliphatic rings. The Morgan fingerprint density at radius 1 is 1.62 bits per heavy atom. The highest BCUT2D eigenvalue weighted by Gasteiger charge is 2.26. The summed E-state index contributed by atoms with van der Waals surface area (Å²) in [5.41, 5.74) is 0.0996. The first kappa shape index (κ1) is 11.5. The minimum absolute atomic E-state index is 0.0996. The molecule has 0 bridgehead atoms. The van der Waals surface area contributed by atoms with Crippen LogP contribution in [-0.2, 0) is 7.05 Å². The first-order chi connectivity index (χ1) is 7.61. The number of nitrogens with one attached hydrogen (secondary N) is 1. The lowest BCUT2D eigenvalue weighted by molar-refractivity contribution is 0.443. The van der Waals surface area contributed by atoms with Gasteiger partial charge in [0.25, 0.3) is 0 Å². The zero-order valence-electron chi connectivity index (χ0n) is 10.0. The van der Waals surface area contributed by atoms with Crippen LogP contribution in [0.3, 0.4) is 0 Å². The van der Waals surface area contributed by atoms with E-state index in [9.17, 15) is 0 Å². The van der Waals surface area contributed by atoms with Crippen molar-refractivity contribution in [2.75, 3.05) is 11.1 Å². The molecule has 16 heavy (non-hydrogen) atoms. The highest BCUT2D eigenvalue weighted by molar-refractivity contribution is 8.14. The topological polar surface area (TPSA) is 42.2 Å². The van der Waals surface area contributed by atoms with Gasteiger partial charge in [0.1, 0.15) is 0 Å². The van der Waals surface area contributed by atoms with E-state index in [0.717, 1.165) is 29.6 Å². The number of thioether (sulfide) groups is 1. The lowest BCUT2D eigenvalue weighted by Crippen LogP contribution is -2.29. The molecule has 0 amide bonds. The van der Waals surface area contributed by atoms with E-state index in [2.05, 4.69) is 24.3 Å². The van der Waals surface area contributed by atoms with Crippen molar-refractivity contribution in [3.63, 3.8) is 0 Å². The molecule has 1 unspecified atom stereocenters. The fourth-order valence-corrected chi connectivity index (χ4v) is 2.81. The van der Waals surface area contributed by atoms with Gasteiger partial charge in [-0.2, -0.15) is 5.10 Å². The Morgan fingerprint density at radius 3 is 3.06 bits per heavy atom. The molecule has 4 nitrogen and oxygen atoms in total. The molecule has 1 aliphatic heterocycles. The van der Waals surface area contributed by atoms with Gasteiger partial charge in [0.2, 0.25) is 0 Å². The molecule has 1 aromatic rings. The SMILES string of the molecule is CCC1(C)CCSC(Nc2ccn(C)n2)=N1. The molecule has 0 aromatic carbocycles. The number of aryl methyl sites for hydroxylation is 1. The predicted octanol–water partition coefficient (Wildman–Crippen LogP) is 2.49. The second-order valence-corrected chi connectivity index (χ2v) is 5.45. The van der Waals surface area contributed by atoms with Gasteiger partial charge in [-0.1, -0.05) is 18.7 Å². The van der Waals surface area contributed by atoms with E-state index in [1.165, 1.54) is 0 Å². The number of rotatable bonds is 2. The molecule has 2 rings (SSSR count). The minimum Gasteiger partial charge on any atom is -0.318 e. The van der Waals surface area contributed by atoms with Crippen molar-refractivity contribution in [1.82, 2.24) is 9.78 Å². The van der Waals surface area contributed by atoms with Gasteiger partial charge in [-0.15, -0.1) is 0 Å². The van der Waals surface area contributed by atoms with Crippen molar-refractivity contribution in [2.45, 2.75) is 32.2 Å². The van der Waals surface area contributed by atoms with Crippen LogP contribution in [-0.4, -0.2) is 26.2 Å². The average molecular weight is 238 g/mol. The quantitative estimate of drug-likeness (QED) is 0.860. The van der Waals surface area contributed by atoms with Crippen molar-refractivity contribution >= 4 is 22.7 Å². The maximum atomic E-state index is 4.76. The smallest absolute Gasteiger partial charge is 0.162 e. The van der Waals surface area contributed by atoms with E-state index < -0.39 is 0 Å². The Labute approximate surface area is 101 Å². The van der Waals surface area contributed by atoms with E-state index in [1.807, 2.05) is 19.3 Å². The summed E-state index contributed by atoms with van der Waals surface area (Å²) in [4.78, 5) is 4.76. The van der Waals surface area contributed by atoms with Gasteiger partial charge < -0.3 is 5.32 Å². The standard InChI is InChI=1S/C11H18N4S/c1-4-11(2)6-8-16-10(13-11)12-9-5-7-15(3)14-9/h5,7H,4,6,8H2,1-3H3,(H,12,13,14). The van der Waals surface area contributed by atoms with Crippen LogP contribution in [0.4, 0.5) is 5.82 Å². The summed E-state index contributed by atoms with van der Waals surface area (Å²) in [5.74, 6) is 2.00. The number of aliphatic imine (C=N–C) groups is 1. The van der Waals surface area contributed by atoms with Crippen LogP contribution in [0.5, 0.6) is 0 Å². The Balaban J connectivity index is 2.10. The van der Waals surface area contributed by atoms with Crippen molar-refractivity contribution in [3.8, 4) is 0 Å². The van der Waals surface area contributed by atoms with Gasteiger partial charge >= 0.3 is 0 Å². The molecule has 0 fully saturated rings. The zero-order chi connectivity index (χ0) is 11.6. The molecular formula is C11H18N4S. The Bertz CT molecular complexity index is 398. The van der Waals surface area contributed by atoms with Gasteiger partial charge in [0, 0.05) is 25.1 Å². The first-order valence-corrected chi connectivity index (χ1v) is 6.59. The first-order valence-electron chi connectivity index (χ1n) is 5.61. The van der Waals surface area contributed by atoms with Crippen molar-refractivity contribution in [3.05, 3.63) is 12.3 Å². The monoisotopic (exact) mass is 238 g/mol. The third-order valence-corrected chi connectivity index (χ3v) is 3.84. The largest absolute Gasteiger partial charge is 0.318 e. The van der Waals surface area contributed by atoms with Gasteiger partial charge in [-0.05, 0) is 19.8 Å². The maximum absolute atomic E-state index is 4.76. The molecule has 5 heteroatoms. The summed E-state index contributed by atoms with van der Waals surface area (Å²) >= 11 is 1.77. The number of nitrogens with zero attached hydrogens (tertiary/aromatic N) is 3. The summed E-state index contributed by atoms with van der Waals surface area (Å²) in [6, 6.07) is 1.96.